The van der Waals surface area contributed by atoms with Crippen LogP contribution in [0.5, 0.6) is 0 Å². The summed E-state index contributed by atoms with van der Waals surface area (Å²) in [4.78, 5) is 5.88. The van der Waals surface area contributed by atoms with Gasteiger partial charge in [-0.15, -0.1) is 0 Å². The van der Waals surface area contributed by atoms with E-state index in [9.17, 15) is 22.7 Å². The first-order chi connectivity index (χ1) is 12.4. The van der Waals surface area contributed by atoms with E-state index in [-0.39, 0.29) is 5.69 Å². The van der Waals surface area contributed by atoms with Gasteiger partial charge in [-0.25, -0.2) is 9.37 Å². The number of pyridine rings is 1. The number of nitrogens with two attached hydrogens (primary N) is 2. The summed E-state index contributed by atoms with van der Waals surface area (Å²) >= 11 is 0. The first-order valence-electron chi connectivity index (χ1n) is 8.22. The number of aromatic nitrogens is 1. The molecule has 5 nitrogen and oxygen atoms in total. The molecule has 3 rings (SSSR count). The topological polar surface area (TPSA) is 88.4 Å². The molecule has 1 aliphatic heterocycles. The highest BCUT2D eigenvalue weighted by Gasteiger charge is 2.56. The summed E-state index contributed by atoms with van der Waals surface area (Å²) < 4.78 is 53.9. The maximum Gasteiger partial charge on any atom is 0.424 e. The van der Waals surface area contributed by atoms with Gasteiger partial charge in [-0.1, -0.05) is 0 Å². The fraction of sp³-hybridized carbons (Fsp3) is 0.389. The third kappa shape index (κ3) is 3.05. The number of anilines is 1. The smallest absolute Gasteiger partial charge is 0.374 e. The molecule has 0 saturated heterocycles. The molecule has 0 fully saturated rings. The lowest BCUT2D eigenvalue weighted by atomic mass is 9.89. The van der Waals surface area contributed by atoms with E-state index >= 15 is 0 Å². The molecule has 146 valence electrons. The van der Waals surface area contributed by atoms with E-state index in [1.165, 1.54) is 24.3 Å². The number of likely N-dealkylation sites (N-methyl/N-ethyl adjacent to an activating group) is 1. The van der Waals surface area contributed by atoms with Crippen molar-refractivity contribution in [1.82, 2.24) is 4.98 Å². The van der Waals surface area contributed by atoms with E-state index in [1.807, 2.05) is 0 Å². The molecule has 0 radical (unpaired) electrons. The van der Waals surface area contributed by atoms with Crippen LogP contribution in [0.15, 0.2) is 30.3 Å². The Labute approximate surface area is 153 Å². The van der Waals surface area contributed by atoms with Crippen LogP contribution < -0.4 is 16.4 Å². The number of hydrogen-bond acceptors (Lipinski definition) is 5. The summed E-state index contributed by atoms with van der Waals surface area (Å²) in [5.41, 5.74) is 8.17. The van der Waals surface area contributed by atoms with Gasteiger partial charge in [0.05, 0.1) is 22.6 Å². The van der Waals surface area contributed by atoms with Gasteiger partial charge < -0.3 is 21.5 Å². The van der Waals surface area contributed by atoms with E-state index < -0.39 is 35.4 Å². The van der Waals surface area contributed by atoms with E-state index in [1.54, 1.807) is 18.9 Å². The van der Waals surface area contributed by atoms with Crippen molar-refractivity contribution in [2.75, 3.05) is 25.0 Å². The van der Waals surface area contributed by atoms with Gasteiger partial charge in [-0.3, -0.25) is 0 Å². The molecule has 1 unspecified atom stereocenters. The number of halogens is 4. The van der Waals surface area contributed by atoms with Crippen molar-refractivity contribution in [2.45, 2.75) is 24.2 Å². The van der Waals surface area contributed by atoms with Crippen molar-refractivity contribution >= 4 is 5.69 Å². The predicted molar refractivity (Wildman–Crippen MR) is 93.4 cm³/mol. The molecule has 1 aromatic carbocycles. The molecular weight excluding hydrogens is 364 g/mol. The van der Waals surface area contributed by atoms with E-state index in [0.717, 1.165) is 6.07 Å². The molecule has 1 aliphatic rings. The van der Waals surface area contributed by atoms with Gasteiger partial charge in [0.15, 0.2) is 0 Å². The minimum Gasteiger partial charge on any atom is -0.374 e. The molecular formula is C18H20F4N4O. The van der Waals surface area contributed by atoms with Crippen LogP contribution in [-0.2, 0) is 11.1 Å². The number of rotatable bonds is 3. The molecule has 0 aliphatic carbocycles. The Balaban J connectivity index is 2.33. The second-order valence-electron chi connectivity index (χ2n) is 7.09. The van der Waals surface area contributed by atoms with Crippen LogP contribution in [0, 0.1) is 5.82 Å². The molecule has 27 heavy (non-hydrogen) atoms. The summed E-state index contributed by atoms with van der Waals surface area (Å²) in [7, 11) is 1.74. The van der Waals surface area contributed by atoms with Crippen LogP contribution in [0.4, 0.5) is 23.2 Å². The number of alkyl halides is 3. The summed E-state index contributed by atoms with van der Waals surface area (Å²) in [5.74, 6) is -0.489. The first-order valence-corrected chi connectivity index (χ1v) is 8.22. The van der Waals surface area contributed by atoms with Gasteiger partial charge in [0.2, 0.25) is 5.60 Å². The summed E-state index contributed by atoms with van der Waals surface area (Å²) in [6.07, 6.45) is -5.03. The van der Waals surface area contributed by atoms with Crippen LogP contribution >= 0.6 is 0 Å². The minimum atomic E-state index is -5.03. The van der Waals surface area contributed by atoms with Gasteiger partial charge in [-0.2, -0.15) is 13.2 Å². The zero-order valence-electron chi connectivity index (χ0n) is 14.8. The van der Waals surface area contributed by atoms with Gasteiger partial charge >= 0.3 is 6.18 Å². The van der Waals surface area contributed by atoms with Crippen LogP contribution in [0.25, 0.3) is 11.3 Å². The van der Waals surface area contributed by atoms with E-state index in [0.29, 0.717) is 23.4 Å². The number of fused-ring (bicyclic) bond motifs is 1. The zero-order valence-corrected chi connectivity index (χ0v) is 14.8. The summed E-state index contributed by atoms with van der Waals surface area (Å²) in [6, 6.07) is 6.36. The monoisotopic (exact) mass is 384 g/mol. The lowest BCUT2D eigenvalue weighted by Gasteiger charge is -2.30. The SMILES string of the molecule is CN1C[C@@](C)(N)c2cc(C(O)(CN)C(F)(F)F)nc(-c3ccc(F)cc3)c21. The molecule has 0 saturated carbocycles. The van der Waals surface area contributed by atoms with Gasteiger partial charge in [0.1, 0.15) is 5.82 Å². The molecule has 0 spiro atoms. The Morgan fingerprint density at radius 1 is 1.26 bits per heavy atom. The second-order valence-corrected chi connectivity index (χ2v) is 7.09. The van der Waals surface area contributed by atoms with Crippen molar-refractivity contribution in [3.8, 4) is 11.3 Å². The second kappa shape index (κ2) is 6.15. The number of aliphatic hydroxyl groups is 1. The van der Waals surface area contributed by atoms with Gasteiger partial charge in [-0.05, 0) is 37.3 Å². The number of nitrogens with zero attached hydrogens (tertiary/aromatic N) is 2. The van der Waals surface area contributed by atoms with Crippen LogP contribution in [0.1, 0.15) is 18.2 Å². The number of hydrogen-bond donors (Lipinski definition) is 3. The van der Waals surface area contributed by atoms with Crippen LogP contribution in [0.3, 0.4) is 0 Å². The fourth-order valence-electron chi connectivity index (χ4n) is 3.40. The Kier molecular flexibility index (Phi) is 4.45. The highest BCUT2D eigenvalue weighted by Crippen LogP contribution is 2.46. The predicted octanol–water partition coefficient (Wildman–Crippen LogP) is 2.22. The van der Waals surface area contributed by atoms with Crippen LogP contribution in [0.2, 0.25) is 0 Å². The van der Waals surface area contributed by atoms with Gasteiger partial charge in [0.25, 0.3) is 0 Å². The van der Waals surface area contributed by atoms with Crippen molar-refractivity contribution in [1.29, 1.82) is 0 Å². The molecule has 2 aromatic rings. The van der Waals surface area contributed by atoms with Crippen LogP contribution in [-0.4, -0.2) is 36.4 Å². The van der Waals surface area contributed by atoms with Crippen molar-refractivity contribution in [3.05, 3.63) is 47.4 Å². The van der Waals surface area contributed by atoms with Crippen molar-refractivity contribution in [2.24, 2.45) is 11.5 Å². The van der Waals surface area contributed by atoms with Gasteiger partial charge in [0, 0.05) is 31.3 Å². The minimum absolute atomic E-state index is 0.176. The van der Waals surface area contributed by atoms with Crippen molar-refractivity contribution < 1.29 is 22.7 Å². The largest absolute Gasteiger partial charge is 0.424 e. The Hall–Kier alpha value is -2.23. The molecule has 0 amide bonds. The highest BCUT2D eigenvalue weighted by atomic mass is 19.4. The third-order valence-electron chi connectivity index (χ3n) is 4.86. The lowest BCUT2D eigenvalue weighted by Crippen LogP contribution is -2.49. The summed E-state index contributed by atoms with van der Waals surface area (Å²) in [6.45, 7) is 0.930. The average Bonchev–Trinajstić information content (AvgIpc) is 2.82. The normalized spacial score (nSPS) is 21.9. The molecule has 2 heterocycles. The Morgan fingerprint density at radius 3 is 2.37 bits per heavy atom. The Morgan fingerprint density at radius 2 is 1.85 bits per heavy atom. The molecule has 0 bridgehead atoms. The lowest BCUT2D eigenvalue weighted by molar-refractivity contribution is -0.263. The Bertz CT molecular complexity index is 867. The standard InChI is InChI=1S/C18H20F4N4O/c1-16(24)9-26(2)15-12(16)7-13(17(27,8-23)18(20,21)22)25-14(15)10-3-5-11(19)6-4-10/h3-7,27H,8-9,23-24H2,1-2H3/t16-,17?/m1/s1. The fourth-order valence-corrected chi connectivity index (χ4v) is 3.40. The zero-order chi connectivity index (χ0) is 20.2. The maximum absolute atomic E-state index is 13.5. The van der Waals surface area contributed by atoms with E-state index in [4.69, 9.17) is 11.5 Å². The maximum atomic E-state index is 13.5. The van der Waals surface area contributed by atoms with E-state index in [2.05, 4.69) is 4.98 Å². The molecule has 2 atom stereocenters. The average molecular weight is 384 g/mol. The first kappa shape index (κ1) is 19.5. The molecule has 5 N–H and O–H groups in total. The quantitative estimate of drug-likeness (QED) is 0.707. The number of benzene rings is 1. The highest BCUT2D eigenvalue weighted by molar-refractivity contribution is 5.81. The molecule has 9 heteroatoms. The summed E-state index contributed by atoms with van der Waals surface area (Å²) in [5, 5.41) is 10.3. The third-order valence-corrected chi connectivity index (χ3v) is 4.86. The molecule has 1 aromatic heterocycles. The van der Waals surface area contributed by atoms with Crippen molar-refractivity contribution in [3.63, 3.8) is 0 Å².